The molecule has 4 aromatic heterocycles. The summed E-state index contributed by atoms with van der Waals surface area (Å²) >= 11 is 0. The molecule has 1 saturated heterocycles. The molecule has 1 aliphatic rings. The molecule has 0 amide bonds. The number of halogens is 3. The number of hydrogen-bond donors (Lipinski definition) is 1. The van der Waals surface area contributed by atoms with E-state index < -0.39 is 18.3 Å². The molecular weight excluding hydrogens is 547 g/mol. The summed E-state index contributed by atoms with van der Waals surface area (Å²) in [5, 5.41) is 3.33. The van der Waals surface area contributed by atoms with Crippen LogP contribution in [0.2, 0.25) is 0 Å². The number of pyridine rings is 2. The zero-order valence-corrected chi connectivity index (χ0v) is 23.0. The van der Waals surface area contributed by atoms with E-state index in [-0.39, 0.29) is 28.2 Å². The van der Waals surface area contributed by atoms with Gasteiger partial charge in [0.2, 0.25) is 5.95 Å². The first-order valence-corrected chi connectivity index (χ1v) is 13.4. The Labute approximate surface area is 239 Å². The quantitative estimate of drug-likeness (QED) is 0.318. The van der Waals surface area contributed by atoms with Crippen LogP contribution in [0.25, 0.3) is 28.0 Å². The van der Waals surface area contributed by atoms with Gasteiger partial charge in [-0.05, 0) is 56.4 Å². The van der Waals surface area contributed by atoms with Crippen molar-refractivity contribution in [3.05, 3.63) is 83.4 Å². The lowest BCUT2D eigenvalue weighted by atomic mass is 10.1. The summed E-state index contributed by atoms with van der Waals surface area (Å²) in [5.41, 5.74) is 2.36. The summed E-state index contributed by atoms with van der Waals surface area (Å²) in [6.45, 7) is 4.06. The third-order valence-electron chi connectivity index (χ3n) is 7.34. The van der Waals surface area contributed by atoms with Gasteiger partial charge in [0, 0.05) is 61.0 Å². The van der Waals surface area contributed by atoms with Crippen molar-refractivity contribution in [3.63, 3.8) is 0 Å². The lowest BCUT2D eigenvalue weighted by molar-refractivity contribution is -0.140. The first-order valence-electron chi connectivity index (χ1n) is 13.4. The second kappa shape index (κ2) is 10.9. The first kappa shape index (κ1) is 27.4. The van der Waals surface area contributed by atoms with Crippen LogP contribution in [0.3, 0.4) is 0 Å². The van der Waals surface area contributed by atoms with Crippen LogP contribution in [0.1, 0.15) is 5.69 Å². The number of imidazole rings is 1. The van der Waals surface area contributed by atoms with Crippen molar-refractivity contribution in [2.24, 2.45) is 0 Å². The lowest BCUT2D eigenvalue weighted by Gasteiger charge is -2.34. The number of alkyl halides is 3. The van der Waals surface area contributed by atoms with Gasteiger partial charge in [-0.15, -0.1) is 0 Å². The summed E-state index contributed by atoms with van der Waals surface area (Å²) in [7, 11) is 2.10. The molecular formula is C29H28F3N9O. The maximum absolute atomic E-state index is 13.7. The maximum Gasteiger partial charge on any atom is 0.406 e. The van der Waals surface area contributed by atoms with Gasteiger partial charge in [0.25, 0.3) is 5.56 Å². The molecule has 1 N–H and O–H groups in total. The molecule has 42 heavy (non-hydrogen) atoms. The second-order valence-electron chi connectivity index (χ2n) is 10.3. The molecule has 13 heteroatoms. The van der Waals surface area contributed by atoms with Gasteiger partial charge in [0.1, 0.15) is 18.5 Å². The standard InChI is InChI=1S/C29H28F3N9O/c1-19-25(35-18-41(19)23-4-3-9-33-16-23)24-14-20-15-34-28(37-26(20)40(27(24)42)17-29(30,31)32)36-21-5-7-22(8-6-21)39-12-10-38(2)11-13-39/h3-9,14-16,18H,10-13,17H2,1-2H3,(H,34,36,37). The Hall–Kier alpha value is -4.78. The zero-order chi connectivity index (χ0) is 29.4. The molecule has 216 valence electrons. The van der Waals surface area contributed by atoms with Crippen molar-refractivity contribution in [1.82, 2.24) is 34.0 Å². The Morgan fingerprint density at radius 3 is 2.43 bits per heavy atom. The van der Waals surface area contributed by atoms with E-state index in [9.17, 15) is 18.0 Å². The van der Waals surface area contributed by atoms with E-state index in [0.29, 0.717) is 21.6 Å². The largest absolute Gasteiger partial charge is 0.406 e. The van der Waals surface area contributed by atoms with Gasteiger partial charge in [0.15, 0.2) is 0 Å². The molecule has 0 aliphatic carbocycles. The van der Waals surface area contributed by atoms with Gasteiger partial charge in [0.05, 0.1) is 23.1 Å². The molecule has 1 fully saturated rings. The number of piperazine rings is 1. The van der Waals surface area contributed by atoms with Gasteiger partial charge in [-0.3, -0.25) is 14.3 Å². The molecule has 5 heterocycles. The fourth-order valence-electron chi connectivity index (χ4n) is 5.09. The number of benzene rings is 1. The third-order valence-corrected chi connectivity index (χ3v) is 7.34. The Morgan fingerprint density at radius 2 is 1.74 bits per heavy atom. The number of fused-ring (bicyclic) bond motifs is 1. The van der Waals surface area contributed by atoms with Gasteiger partial charge in [-0.1, -0.05) is 0 Å². The average molecular weight is 576 g/mol. The molecule has 6 rings (SSSR count). The number of aromatic nitrogens is 6. The minimum absolute atomic E-state index is 0.0238. The Bertz CT molecular complexity index is 1780. The van der Waals surface area contributed by atoms with Crippen LogP contribution in [-0.2, 0) is 6.54 Å². The molecule has 5 aromatic rings. The van der Waals surface area contributed by atoms with Crippen LogP contribution in [-0.4, -0.2) is 73.4 Å². The van der Waals surface area contributed by atoms with E-state index in [4.69, 9.17) is 0 Å². The molecule has 0 radical (unpaired) electrons. The number of hydrogen-bond acceptors (Lipinski definition) is 8. The van der Waals surface area contributed by atoms with E-state index >= 15 is 0 Å². The van der Waals surface area contributed by atoms with Crippen LogP contribution in [0.4, 0.5) is 30.5 Å². The maximum atomic E-state index is 13.7. The SMILES string of the molecule is Cc1c(-c2cc3cnc(Nc4ccc(N5CCN(C)CC5)cc4)nc3n(CC(F)(F)F)c2=O)ncn1-c1cccnc1. The molecule has 10 nitrogen and oxygen atoms in total. The van der Waals surface area contributed by atoms with Gasteiger partial charge in [-0.2, -0.15) is 18.2 Å². The summed E-state index contributed by atoms with van der Waals surface area (Å²) < 4.78 is 43.4. The van der Waals surface area contributed by atoms with E-state index in [1.807, 2.05) is 30.3 Å². The minimum atomic E-state index is -4.66. The van der Waals surface area contributed by atoms with Crippen LogP contribution in [0.15, 0.2) is 72.2 Å². The molecule has 0 saturated carbocycles. The summed E-state index contributed by atoms with van der Waals surface area (Å²) in [5.74, 6) is 0.0787. The number of anilines is 3. The zero-order valence-electron chi connectivity index (χ0n) is 23.0. The van der Waals surface area contributed by atoms with Crippen molar-refractivity contribution in [2.75, 3.05) is 43.4 Å². The van der Waals surface area contributed by atoms with Crippen molar-refractivity contribution >= 4 is 28.4 Å². The van der Waals surface area contributed by atoms with Crippen molar-refractivity contribution < 1.29 is 13.2 Å². The summed E-state index contributed by atoms with van der Waals surface area (Å²) in [4.78, 5) is 35.3. The fraction of sp³-hybridized carbons (Fsp3) is 0.276. The third kappa shape index (κ3) is 5.55. The van der Waals surface area contributed by atoms with Crippen LogP contribution in [0, 0.1) is 6.92 Å². The van der Waals surface area contributed by atoms with Crippen LogP contribution < -0.4 is 15.8 Å². The number of nitrogens with one attached hydrogen (secondary N) is 1. The predicted molar refractivity (Wildman–Crippen MR) is 154 cm³/mol. The molecule has 0 bridgehead atoms. The van der Waals surface area contributed by atoms with E-state index in [1.54, 1.807) is 30.0 Å². The number of likely N-dealkylation sites (N-methyl/N-ethyl adjacent to an activating group) is 1. The molecule has 1 aliphatic heterocycles. The lowest BCUT2D eigenvalue weighted by Crippen LogP contribution is -2.44. The normalized spacial score (nSPS) is 14.5. The van der Waals surface area contributed by atoms with Gasteiger partial charge in [-0.25, -0.2) is 9.97 Å². The summed E-state index contributed by atoms with van der Waals surface area (Å²) in [6.07, 6.45) is 1.52. The number of rotatable bonds is 6. The van der Waals surface area contributed by atoms with Crippen molar-refractivity contribution in [1.29, 1.82) is 0 Å². The fourth-order valence-corrected chi connectivity index (χ4v) is 5.09. The predicted octanol–water partition coefficient (Wildman–Crippen LogP) is 4.41. The van der Waals surface area contributed by atoms with Gasteiger partial charge >= 0.3 is 6.18 Å². The van der Waals surface area contributed by atoms with E-state index in [1.165, 1.54) is 18.6 Å². The first-order chi connectivity index (χ1) is 20.2. The second-order valence-corrected chi connectivity index (χ2v) is 10.3. The highest BCUT2D eigenvalue weighted by atomic mass is 19.4. The van der Waals surface area contributed by atoms with Crippen molar-refractivity contribution in [3.8, 4) is 16.9 Å². The van der Waals surface area contributed by atoms with Crippen LogP contribution >= 0.6 is 0 Å². The minimum Gasteiger partial charge on any atom is -0.369 e. The highest BCUT2D eigenvalue weighted by Gasteiger charge is 2.31. The van der Waals surface area contributed by atoms with E-state index in [0.717, 1.165) is 31.9 Å². The Kier molecular flexibility index (Phi) is 7.11. The highest BCUT2D eigenvalue weighted by Crippen LogP contribution is 2.27. The van der Waals surface area contributed by atoms with E-state index in [2.05, 4.69) is 42.1 Å². The van der Waals surface area contributed by atoms with Crippen LogP contribution in [0.5, 0.6) is 0 Å². The monoisotopic (exact) mass is 575 g/mol. The molecule has 1 aromatic carbocycles. The highest BCUT2D eigenvalue weighted by molar-refractivity contribution is 5.81. The Morgan fingerprint density at radius 1 is 0.976 bits per heavy atom. The van der Waals surface area contributed by atoms with Crippen molar-refractivity contribution in [2.45, 2.75) is 19.6 Å². The topological polar surface area (TPSA) is 97.0 Å². The Balaban J connectivity index is 1.35. The van der Waals surface area contributed by atoms with Gasteiger partial charge < -0.3 is 19.7 Å². The molecule has 0 unspecified atom stereocenters. The summed E-state index contributed by atoms with van der Waals surface area (Å²) in [6, 6.07) is 12.8. The molecule has 0 spiro atoms. The molecule has 0 atom stereocenters. The average Bonchev–Trinajstić information content (AvgIpc) is 3.36. The smallest absolute Gasteiger partial charge is 0.369 e. The number of nitrogens with zero attached hydrogens (tertiary/aromatic N) is 8.